The average molecular weight is 393 g/mol. The molecule has 114 valence electrons. The maximum absolute atomic E-state index is 13.6. The van der Waals surface area contributed by atoms with Gasteiger partial charge in [-0.3, -0.25) is 4.72 Å². The molecular formula is C13H14BrFN2O2S2. The molecule has 2 rings (SSSR count). The van der Waals surface area contributed by atoms with Crippen molar-refractivity contribution >= 4 is 43.0 Å². The number of nitrogens with two attached hydrogens (primary N) is 1. The second-order valence-corrected chi connectivity index (χ2v) is 8.46. The van der Waals surface area contributed by atoms with Crippen LogP contribution in [0, 0.1) is 19.7 Å². The Labute approximate surface area is 135 Å². The van der Waals surface area contributed by atoms with E-state index < -0.39 is 15.8 Å². The first-order chi connectivity index (χ1) is 9.74. The lowest BCUT2D eigenvalue weighted by molar-refractivity contribution is 0.602. The summed E-state index contributed by atoms with van der Waals surface area (Å²) in [6.45, 7) is 3.80. The van der Waals surface area contributed by atoms with E-state index >= 15 is 0 Å². The second kappa shape index (κ2) is 6.04. The smallest absolute Gasteiger partial charge is 0.271 e. The predicted molar refractivity (Wildman–Crippen MR) is 86.6 cm³/mol. The van der Waals surface area contributed by atoms with E-state index in [0.29, 0.717) is 10.0 Å². The molecule has 0 bridgehead atoms. The molecule has 0 saturated carbocycles. The van der Waals surface area contributed by atoms with Crippen molar-refractivity contribution < 1.29 is 12.8 Å². The number of hydrogen-bond acceptors (Lipinski definition) is 4. The molecular weight excluding hydrogens is 379 g/mol. The monoisotopic (exact) mass is 392 g/mol. The first kappa shape index (κ1) is 16.4. The van der Waals surface area contributed by atoms with Crippen molar-refractivity contribution in [2.24, 2.45) is 5.73 Å². The summed E-state index contributed by atoms with van der Waals surface area (Å²) < 4.78 is 41.2. The molecule has 0 aliphatic heterocycles. The van der Waals surface area contributed by atoms with Gasteiger partial charge in [-0.1, -0.05) is 0 Å². The van der Waals surface area contributed by atoms with Gasteiger partial charge in [-0.15, -0.1) is 11.3 Å². The Morgan fingerprint density at radius 1 is 1.29 bits per heavy atom. The summed E-state index contributed by atoms with van der Waals surface area (Å²) in [7, 11) is -3.75. The van der Waals surface area contributed by atoms with Crippen molar-refractivity contribution in [1.82, 2.24) is 0 Å². The highest BCUT2D eigenvalue weighted by atomic mass is 79.9. The van der Waals surface area contributed by atoms with E-state index in [4.69, 9.17) is 5.73 Å². The molecule has 0 saturated heterocycles. The summed E-state index contributed by atoms with van der Waals surface area (Å²) in [6, 6.07) is 4.25. The number of sulfonamides is 1. The Kier molecular flexibility index (Phi) is 4.72. The number of thiophene rings is 1. The fourth-order valence-electron chi connectivity index (χ4n) is 1.78. The van der Waals surface area contributed by atoms with Crippen LogP contribution in [0.2, 0.25) is 0 Å². The van der Waals surface area contributed by atoms with E-state index in [1.54, 1.807) is 13.0 Å². The van der Waals surface area contributed by atoms with Crippen molar-refractivity contribution in [2.45, 2.75) is 24.6 Å². The molecule has 1 aromatic heterocycles. The summed E-state index contributed by atoms with van der Waals surface area (Å²) in [5.74, 6) is -0.525. The minimum Gasteiger partial charge on any atom is -0.326 e. The highest BCUT2D eigenvalue weighted by Crippen LogP contribution is 2.30. The fraction of sp³-hybridized carbons (Fsp3) is 0.231. The number of aryl methyl sites for hydroxylation is 2. The number of anilines is 1. The van der Waals surface area contributed by atoms with Crippen LogP contribution in [0.15, 0.2) is 26.9 Å². The summed E-state index contributed by atoms with van der Waals surface area (Å²) >= 11 is 4.18. The molecule has 3 N–H and O–H groups in total. The maximum Gasteiger partial charge on any atom is 0.271 e. The lowest BCUT2D eigenvalue weighted by atomic mass is 10.2. The molecule has 4 nitrogen and oxygen atoms in total. The third-order valence-electron chi connectivity index (χ3n) is 2.96. The molecule has 2 aromatic rings. The quantitative estimate of drug-likeness (QED) is 0.835. The van der Waals surface area contributed by atoms with Gasteiger partial charge in [-0.2, -0.15) is 0 Å². The first-order valence-electron chi connectivity index (χ1n) is 6.02. The molecule has 0 fully saturated rings. The summed E-state index contributed by atoms with van der Waals surface area (Å²) in [4.78, 5) is 0.814. The van der Waals surface area contributed by atoms with Crippen LogP contribution in [0.1, 0.15) is 16.0 Å². The zero-order valence-electron chi connectivity index (χ0n) is 11.4. The van der Waals surface area contributed by atoms with E-state index in [1.165, 1.54) is 6.07 Å². The predicted octanol–water partition coefficient (Wildman–Crippen LogP) is 3.53. The van der Waals surface area contributed by atoms with Crippen LogP contribution in [-0.4, -0.2) is 8.42 Å². The van der Waals surface area contributed by atoms with E-state index in [1.807, 2.05) is 6.92 Å². The average Bonchev–Trinajstić information content (AvgIpc) is 2.78. The molecule has 0 spiro atoms. The molecule has 0 radical (unpaired) electrons. The second-order valence-electron chi connectivity index (χ2n) is 4.56. The minimum absolute atomic E-state index is 0.170. The van der Waals surface area contributed by atoms with Crippen LogP contribution in [0.5, 0.6) is 0 Å². The molecule has 0 amide bonds. The van der Waals surface area contributed by atoms with Gasteiger partial charge in [0.05, 0.1) is 10.2 Å². The molecule has 0 aliphatic rings. The van der Waals surface area contributed by atoms with Gasteiger partial charge in [-0.05, 0) is 59.1 Å². The van der Waals surface area contributed by atoms with Gasteiger partial charge >= 0.3 is 0 Å². The van der Waals surface area contributed by atoms with Crippen molar-refractivity contribution in [2.75, 3.05) is 4.72 Å². The third-order valence-corrected chi connectivity index (χ3v) is 6.67. The topological polar surface area (TPSA) is 72.2 Å². The fourth-order valence-corrected chi connectivity index (χ4v) is 4.82. The zero-order valence-corrected chi connectivity index (χ0v) is 14.6. The SMILES string of the molecule is Cc1cc(Br)c(F)cc1NS(=O)(=O)c1cc(C)c(CN)s1. The number of halogens is 2. The van der Waals surface area contributed by atoms with Crippen LogP contribution in [0.3, 0.4) is 0 Å². The van der Waals surface area contributed by atoms with E-state index in [9.17, 15) is 12.8 Å². The number of rotatable bonds is 4. The van der Waals surface area contributed by atoms with Gasteiger partial charge in [0.25, 0.3) is 10.0 Å². The van der Waals surface area contributed by atoms with Gasteiger partial charge in [-0.25, -0.2) is 12.8 Å². The molecule has 21 heavy (non-hydrogen) atoms. The minimum atomic E-state index is -3.75. The van der Waals surface area contributed by atoms with Crippen LogP contribution < -0.4 is 10.5 Å². The lowest BCUT2D eigenvalue weighted by Crippen LogP contribution is -2.12. The van der Waals surface area contributed by atoms with Crippen LogP contribution in [-0.2, 0) is 16.6 Å². The summed E-state index contributed by atoms with van der Waals surface area (Å²) in [5, 5.41) is 0. The molecule has 0 aliphatic carbocycles. The largest absolute Gasteiger partial charge is 0.326 e. The van der Waals surface area contributed by atoms with Crippen LogP contribution in [0.4, 0.5) is 10.1 Å². The Bertz CT molecular complexity index is 788. The highest BCUT2D eigenvalue weighted by molar-refractivity contribution is 9.10. The standard InChI is InChI=1S/C13H14BrFN2O2S2/c1-7-3-9(14)10(15)5-11(7)17-21(18,19)13-4-8(2)12(6-16)20-13/h3-5,17H,6,16H2,1-2H3. The Balaban J connectivity index is 2.39. The van der Waals surface area contributed by atoms with Gasteiger partial charge in [0, 0.05) is 11.4 Å². The molecule has 0 atom stereocenters. The van der Waals surface area contributed by atoms with Crippen molar-refractivity contribution in [3.63, 3.8) is 0 Å². The van der Waals surface area contributed by atoms with Gasteiger partial charge in [0.2, 0.25) is 0 Å². The highest BCUT2D eigenvalue weighted by Gasteiger charge is 2.20. The number of hydrogen-bond donors (Lipinski definition) is 2. The number of nitrogens with one attached hydrogen (secondary N) is 1. The van der Waals surface area contributed by atoms with E-state index in [-0.39, 0.29) is 16.4 Å². The molecule has 1 heterocycles. The molecule has 0 unspecified atom stereocenters. The normalized spacial score (nSPS) is 11.7. The van der Waals surface area contributed by atoms with Crippen LogP contribution >= 0.6 is 27.3 Å². The van der Waals surface area contributed by atoms with Gasteiger partial charge in [0.1, 0.15) is 10.0 Å². The number of benzene rings is 1. The Hall–Kier alpha value is -0.960. The maximum atomic E-state index is 13.6. The van der Waals surface area contributed by atoms with Crippen molar-refractivity contribution in [3.05, 3.63) is 44.5 Å². The van der Waals surface area contributed by atoms with Crippen molar-refractivity contribution in [1.29, 1.82) is 0 Å². The van der Waals surface area contributed by atoms with Crippen molar-refractivity contribution in [3.8, 4) is 0 Å². The lowest BCUT2D eigenvalue weighted by Gasteiger charge is -2.10. The molecule has 8 heteroatoms. The van der Waals surface area contributed by atoms with E-state index in [2.05, 4.69) is 20.7 Å². The zero-order chi connectivity index (χ0) is 15.8. The van der Waals surface area contributed by atoms with Gasteiger partial charge < -0.3 is 5.73 Å². The van der Waals surface area contributed by atoms with Gasteiger partial charge in [0.15, 0.2) is 0 Å². The van der Waals surface area contributed by atoms with Crippen LogP contribution in [0.25, 0.3) is 0 Å². The summed E-state index contributed by atoms with van der Waals surface area (Å²) in [5.41, 5.74) is 7.24. The first-order valence-corrected chi connectivity index (χ1v) is 9.11. The Morgan fingerprint density at radius 3 is 2.52 bits per heavy atom. The Morgan fingerprint density at radius 2 is 1.95 bits per heavy atom. The van der Waals surface area contributed by atoms with E-state index in [0.717, 1.165) is 27.8 Å². The molecule has 1 aromatic carbocycles. The third kappa shape index (κ3) is 3.45. The summed E-state index contributed by atoms with van der Waals surface area (Å²) in [6.07, 6.45) is 0.